The summed E-state index contributed by atoms with van der Waals surface area (Å²) in [6.07, 6.45) is -0.912. The number of hydrogen-bond donors (Lipinski definition) is 2. The largest absolute Gasteiger partial charge is 0.481 e. The Morgan fingerprint density at radius 2 is 2.17 bits per heavy atom. The summed E-state index contributed by atoms with van der Waals surface area (Å²) in [4.78, 5) is 16.3. The fourth-order valence-corrected chi connectivity index (χ4v) is 6.16. The normalized spacial score (nSPS) is 22.6. The number of thiophene rings is 1. The van der Waals surface area contributed by atoms with Gasteiger partial charge in [-0.15, -0.1) is 22.7 Å². The molecular formula is C14H16N2O5S3. The van der Waals surface area contributed by atoms with Crippen LogP contribution in [0.1, 0.15) is 11.4 Å². The number of aliphatic carboxylic acids is 1. The first-order valence-corrected chi connectivity index (χ1v) is 10.4. The number of sulfonamides is 1. The van der Waals surface area contributed by atoms with E-state index in [2.05, 4.69) is 4.98 Å². The Morgan fingerprint density at radius 1 is 1.42 bits per heavy atom. The standard InChI is InChI=1S/C14H16N2O5S3/c1-8-15-10(7-22-8)12-2-3-13(23-12)24(20,21)16-5-4-11(17)9(6-16)14(18)19/h2-3,7,9,11,17H,4-6H2,1H3,(H,18,19)/t9-,11+/m0/s1. The third kappa shape index (κ3) is 3.24. The summed E-state index contributed by atoms with van der Waals surface area (Å²) in [6.45, 7) is 1.77. The first-order chi connectivity index (χ1) is 11.3. The van der Waals surface area contributed by atoms with Gasteiger partial charge in [0.1, 0.15) is 4.21 Å². The van der Waals surface area contributed by atoms with Crippen molar-refractivity contribution in [2.24, 2.45) is 5.92 Å². The van der Waals surface area contributed by atoms with E-state index in [0.717, 1.165) is 31.2 Å². The van der Waals surface area contributed by atoms with E-state index < -0.39 is 28.0 Å². The van der Waals surface area contributed by atoms with Gasteiger partial charge in [0.05, 0.1) is 27.6 Å². The van der Waals surface area contributed by atoms with Gasteiger partial charge < -0.3 is 10.2 Å². The summed E-state index contributed by atoms with van der Waals surface area (Å²) in [5.41, 5.74) is 0.737. The Kier molecular flexibility index (Phi) is 4.76. The molecule has 0 aliphatic carbocycles. The molecule has 2 aromatic heterocycles. The molecule has 1 aliphatic heterocycles. The Morgan fingerprint density at radius 3 is 2.79 bits per heavy atom. The summed E-state index contributed by atoms with van der Waals surface area (Å²) >= 11 is 2.61. The van der Waals surface area contributed by atoms with Gasteiger partial charge in [-0.2, -0.15) is 4.31 Å². The highest BCUT2D eigenvalue weighted by Gasteiger charge is 2.38. The van der Waals surface area contributed by atoms with Crippen molar-refractivity contribution in [3.63, 3.8) is 0 Å². The van der Waals surface area contributed by atoms with Crippen LogP contribution < -0.4 is 0 Å². The summed E-state index contributed by atoms with van der Waals surface area (Å²) in [5, 5.41) is 21.6. The molecule has 1 fully saturated rings. The van der Waals surface area contributed by atoms with Gasteiger partial charge in [0.15, 0.2) is 0 Å². The molecule has 3 rings (SSSR count). The lowest BCUT2D eigenvalue weighted by atomic mass is 9.96. The number of aryl methyl sites for hydroxylation is 1. The molecule has 1 saturated heterocycles. The molecular weight excluding hydrogens is 372 g/mol. The molecule has 0 radical (unpaired) electrons. The maximum Gasteiger partial charge on any atom is 0.310 e. The number of carbonyl (C=O) groups is 1. The second-order valence-electron chi connectivity index (χ2n) is 5.53. The van der Waals surface area contributed by atoms with Crippen LogP contribution in [0.5, 0.6) is 0 Å². The Labute approximate surface area is 147 Å². The molecule has 2 aromatic rings. The van der Waals surface area contributed by atoms with Gasteiger partial charge in [-0.3, -0.25) is 4.79 Å². The molecule has 7 nitrogen and oxygen atoms in total. The van der Waals surface area contributed by atoms with Crippen LogP contribution in [0.15, 0.2) is 21.7 Å². The lowest BCUT2D eigenvalue weighted by Crippen LogP contribution is -2.48. The number of aliphatic hydroxyl groups is 1. The maximum atomic E-state index is 12.8. The van der Waals surface area contributed by atoms with Crippen molar-refractivity contribution in [3.05, 3.63) is 22.5 Å². The van der Waals surface area contributed by atoms with E-state index in [1.165, 1.54) is 17.4 Å². The third-order valence-electron chi connectivity index (χ3n) is 3.90. The Bertz CT molecular complexity index is 857. The summed E-state index contributed by atoms with van der Waals surface area (Å²) < 4.78 is 26.8. The van der Waals surface area contributed by atoms with E-state index in [0.29, 0.717) is 0 Å². The van der Waals surface area contributed by atoms with Gasteiger partial charge in [0, 0.05) is 18.5 Å². The average molecular weight is 388 g/mol. The lowest BCUT2D eigenvalue weighted by molar-refractivity contribution is -0.147. The van der Waals surface area contributed by atoms with E-state index in [9.17, 15) is 18.3 Å². The molecule has 0 bridgehead atoms. The molecule has 130 valence electrons. The predicted molar refractivity (Wildman–Crippen MR) is 90.7 cm³/mol. The fraction of sp³-hybridized carbons (Fsp3) is 0.429. The number of carboxylic acids is 1. The number of piperidine rings is 1. The molecule has 10 heteroatoms. The minimum absolute atomic E-state index is 0.107. The first-order valence-electron chi connectivity index (χ1n) is 7.22. The van der Waals surface area contributed by atoms with Gasteiger partial charge in [-0.25, -0.2) is 13.4 Å². The van der Waals surface area contributed by atoms with Crippen molar-refractivity contribution in [3.8, 4) is 10.6 Å². The molecule has 0 aromatic carbocycles. The second-order valence-corrected chi connectivity index (χ2v) is 9.85. The molecule has 2 N–H and O–H groups in total. The van der Waals surface area contributed by atoms with Gasteiger partial charge in [-0.05, 0) is 25.5 Å². The van der Waals surface area contributed by atoms with Crippen LogP contribution in [0.3, 0.4) is 0 Å². The van der Waals surface area contributed by atoms with Gasteiger partial charge in [0.2, 0.25) is 0 Å². The molecule has 3 heterocycles. The number of nitrogens with zero attached hydrogens (tertiary/aromatic N) is 2. The number of aliphatic hydroxyl groups excluding tert-OH is 1. The number of carboxylic acid groups (broad SMARTS) is 1. The summed E-state index contributed by atoms with van der Waals surface area (Å²) in [6, 6.07) is 3.23. The van der Waals surface area contributed by atoms with Gasteiger partial charge in [0.25, 0.3) is 10.0 Å². The average Bonchev–Trinajstić information content (AvgIpc) is 3.16. The van der Waals surface area contributed by atoms with E-state index in [1.807, 2.05) is 12.3 Å². The summed E-state index contributed by atoms with van der Waals surface area (Å²) in [5.74, 6) is -2.29. The topological polar surface area (TPSA) is 108 Å². The van der Waals surface area contributed by atoms with Crippen LogP contribution in [0.4, 0.5) is 0 Å². The van der Waals surface area contributed by atoms with Crippen LogP contribution in [0.2, 0.25) is 0 Å². The minimum Gasteiger partial charge on any atom is -0.481 e. The van der Waals surface area contributed by atoms with Crippen LogP contribution >= 0.6 is 22.7 Å². The van der Waals surface area contributed by atoms with Crippen molar-refractivity contribution >= 4 is 38.7 Å². The zero-order valence-corrected chi connectivity index (χ0v) is 15.2. The molecule has 24 heavy (non-hydrogen) atoms. The zero-order chi connectivity index (χ0) is 17.5. The Hall–Kier alpha value is -1.33. The molecule has 0 unspecified atom stereocenters. The number of thiazole rings is 1. The maximum absolute atomic E-state index is 12.8. The van der Waals surface area contributed by atoms with Crippen molar-refractivity contribution < 1.29 is 23.4 Å². The van der Waals surface area contributed by atoms with Crippen molar-refractivity contribution in [2.45, 2.75) is 23.7 Å². The van der Waals surface area contributed by atoms with Crippen molar-refractivity contribution in [1.29, 1.82) is 0 Å². The lowest BCUT2D eigenvalue weighted by Gasteiger charge is -2.32. The van der Waals surface area contributed by atoms with E-state index in [1.54, 1.807) is 6.07 Å². The number of aromatic nitrogens is 1. The molecule has 0 saturated carbocycles. The van der Waals surface area contributed by atoms with Gasteiger partial charge >= 0.3 is 5.97 Å². The zero-order valence-electron chi connectivity index (χ0n) is 12.7. The van der Waals surface area contributed by atoms with Crippen LogP contribution in [0.25, 0.3) is 10.6 Å². The van der Waals surface area contributed by atoms with Crippen LogP contribution in [0, 0.1) is 12.8 Å². The minimum atomic E-state index is -3.78. The van der Waals surface area contributed by atoms with Crippen molar-refractivity contribution in [1.82, 2.24) is 9.29 Å². The smallest absolute Gasteiger partial charge is 0.310 e. The van der Waals surface area contributed by atoms with Crippen molar-refractivity contribution in [2.75, 3.05) is 13.1 Å². The third-order valence-corrected chi connectivity index (χ3v) is 8.12. The van der Waals surface area contributed by atoms with E-state index in [-0.39, 0.29) is 23.7 Å². The quantitative estimate of drug-likeness (QED) is 0.824. The molecule has 2 atom stereocenters. The van der Waals surface area contributed by atoms with E-state index in [4.69, 9.17) is 5.11 Å². The second kappa shape index (κ2) is 6.52. The highest BCUT2D eigenvalue weighted by molar-refractivity contribution is 7.91. The molecule has 0 spiro atoms. The summed E-state index contributed by atoms with van der Waals surface area (Å²) in [7, 11) is -3.78. The SMILES string of the molecule is Cc1nc(-c2ccc(S(=O)(=O)N3CC[C@@H](O)[C@@H](C(=O)O)C3)s2)cs1. The Balaban J connectivity index is 1.86. The molecule has 1 aliphatic rings. The first kappa shape index (κ1) is 17.5. The number of hydrogen-bond acceptors (Lipinski definition) is 7. The van der Waals surface area contributed by atoms with E-state index >= 15 is 0 Å². The predicted octanol–water partition coefficient (Wildman–Crippen LogP) is 1.64. The van der Waals surface area contributed by atoms with Gasteiger partial charge in [-0.1, -0.05) is 0 Å². The fourth-order valence-electron chi connectivity index (χ4n) is 2.57. The van der Waals surface area contributed by atoms with Crippen LogP contribution in [-0.2, 0) is 14.8 Å². The highest BCUT2D eigenvalue weighted by atomic mass is 32.2. The molecule has 0 amide bonds. The number of rotatable bonds is 4. The van der Waals surface area contributed by atoms with Crippen LogP contribution in [-0.4, -0.2) is 53.1 Å². The monoisotopic (exact) mass is 388 g/mol. The highest BCUT2D eigenvalue weighted by Crippen LogP contribution is 2.34.